The van der Waals surface area contributed by atoms with E-state index in [1.54, 1.807) is 4.90 Å². The number of halogens is 1. The number of hydrogen-bond acceptors (Lipinski definition) is 5. The van der Waals surface area contributed by atoms with Gasteiger partial charge in [0.1, 0.15) is 6.10 Å². The van der Waals surface area contributed by atoms with Crippen molar-refractivity contribution in [2.24, 2.45) is 11.8 Å². The Morgan fingerprint density at radius 2 is 1.86 bits per heavy atom. The molecule has 8 heteroatoms. The zero-order valence-corrected chi connectivity index (χ0v) is 16.4. The Bertz CT molecular complexity index is 778. The molecular weight excluding hydrogens is 377 g/mol. The van der Waals surface area contributed by atoms with E-state index in [1.165, 1.54) is 23.2 Å². The van der Waals surface area contributed by atoms with E-state index in [2.05, 4.69) is 4.98 Å². The summed E-state index contributed by atoms with van der Waals surface area (Å²) in [5.74, 6) is -1.29. The van der Waals surface area contributed by atoms with Gasteiger partial charge in [-0.1, -0.05) is 12.8 Å². The van der Waals surface area contributed by atoms with Gasteiger partial charge >= 0.3 is 0 Å². The molecule has 3 fully saturated rings. The van der Waals surface area contributed by atoms with E-state index in [0.29, 0.717) is 19.5 Å². The van der Waals surface area contributed by atoms with Crippen molar-refractivity contribution in [3.63, 3.8) is 0 Å². The second kappa shape index (κ2) is 8.47. The number of amides is 3. The Hall–Kier alpha value is -2.51. The monoisotopic (exact) mass is 403 g/mol. The summed E-state index contributed by atoms with van der Waals surface area (Å²) < 4.78 is 19.4. The highest BCUT2D eigenvalue weighted by molar-refractivity contribution is 6.05. The number of carbonyl (C=O) groups excluding carboxylic acids is 3. The number of hydrogen-bond donors (Lipinski definition) is 0. The van der Waals surface area contributed by atoms with Crippen LogP contribution in [0.3, 0.4) is 0 Å². The van der Waals surface area contributed by atoms with E-state index < -0.39 is 5.82 Å². The van der Waals surface area contributed by atoms with Gasteiger partial charge in [0.2, 0.25) is 17.7 Å². The predicted molar refractivity (Wildman–Crippen MR) is 101 cm³/mol. The van der Waals surface area contributed by atoms with Crippen molar-refractivity contribution in [3.05, 3.63) is 24.1 Å². The van der Waals surface area contributed by atoms with Crippen LogP contribution in [0.2, 0.25) is 0 Å². The van der Waals surface area contributed by atoms with Crippen LogP contribution in [-0.2, 0) is 14.4 Å². The van der Waals surface area contributed by atoms with Crippen LogP contribution in [0, 0.1) is 17.7 Å². The van der Waals surface area contributed by atoms with E-state index in [4.69, 9.17) is 4.74 Å². The van der Waals surface area contributed by atoms with Crippen LogP contribution in [0.5, 0.6) is 5.88 Å². The van der Waals surface area contributed by atoms with Gasteiger partial charge in [0.15, 0.2) is 5.82 Å². The highest BCUT2D eigenvalue weighted by Gasteiger charge is 2.47. The first-order valence-corrected chi connectivity index (χ1v) is 10.4. The van der Waals surface area contributed by atoms with Gasteiger partial charge in [-0.05, 0) is 37.8 Å². The quantitative estimate of drug-likeness (QED) is 0.704. The summed E-state index contributed by atoms with van der Waals surface area (Å²) in [6.45, 7) is 1.08. The molecule has 0 radical (unpaired) electrons. The smallest absolute Gasteiger partial charge is 0.250 e. The van der Waals surface area contributed by atoms with Gasteiger partial charge in [0.05, 0.1) is 18.4 Å². The number of likely N-dealkylation sites (tertiary alicyclic amines) is 2. The molecule has 3 heterocycles. The lowest BCUT2D eigenvalue weighted by Gasteiger charge is -2.33. The Morgan fingerprint density at radius 3 is 2.55 bits per heavy atom. The van der Waals surface area contributed by atoms with Crippen LogP contribution >= 0.6 is 0 Å². The van der Waals surface area contributed by atoms with Gasteiger partial charge in [-0.25, -0.2) is 9.37 Å². The minimum atomic E-state index is -0.525. The SMILES string of the molecule is O=C(CCN1C(=O)[C@H]2CCCC[C@H]2C1=O)N1CCC[C@@H](Oc2ncccc2F)C1. The van der Waals surface area contributed by atoms with Crippen LogP contribution in [0.25, 0.3) is 0 Å². The number of nitrogens with zero attached hydrogens (tertiary/aromatic N) is 3. The second-order valence-electron chi connectivity index (χ2n) is 8.09. The lowest BCUT2D eigenvalue weighted by molar-refractivity contribution is -0.141. The average molecular weight is 403 g/mol. The molecule has 2 aliphatic heterocycles. The van der Waals surface area contributed by atoms with Crippen LogP contribution in [0.1, 0.15) is 44.9 Å². The van der Waals surface area contributed by atoms with Gasteiger partial charge in [0.25, 0.3) is 5.88 Å². The molecule has 29 heavy (non-hydrogen) atoms. The van der Waals surface area contributed by atoms with Gasteiger partial charge in [0, 0.05) is 25.7 Å². The van der Waals surface area contributed by atoms with E-state index in [9.17, 15) is 18.8 Å². The molecular formula is C21H26FN3O4. The Labute approximate surface area is 169 Å². The first-order valence-electron chi connectivity index (χ1n) is 10.4. The fourth-order valence-corrected chi connectivity index (χ4v) is 4.69. The van der Waals surface area contributed by atoms with Crippen LogP contribution in [0.15, 0.2) is 18.3 Å². The van der Waals surface area contributed by atoms with Crippen molar-refractivity contribution >= 4 is 17.7 Å². The van der Waals surface area contributed by atoms with E-state index in [0.717, 1.165) is 32.1 Å². The molecule has 0 bridgehead atoms. The molecule has 2 saturated heterocycles. The van der Waals surface area contributed by atoms with Crippen molar-refractivity contribution < 1.29 is 23.5 Å². The first-order chi connectivity index (χ1) is 14.0. The van der Waals surface area contributed by atoms with Crippen molar-refractivity contribution in [2.45, 2.75) is 51.0 Å². The van der Waals surface area contributed by atoms with Crippen molar-refractivity contribution in [1.29, 1.82) is 0 Å². The van der Waals surface area contributed by atoms with Crippen LogP contribution < -0.4 is 4.74 Å². The lowest BCUT2D eigenvalue weighted by Crippen LogP contribution is -2.45. The second-order valence-corrected chi connectivity index (χ2v) is 8.09. The Balaban J connectivity index is 1.31. The molecule has 7 nitrogen and oxygen atoms in total. The topological polar surface area (TPSA) is 79.8 Å². The minimum Gasteiger partial charge on any atom is -0.470 e. The van der Waals surface area contributed by atoms with Gasteiger partial charge in [-0.15, -0.1) is 0 Å². The fourth-order valence-electron chi connectivity index (χ4n) is 4.69. The number of aromatic nitrogens is 1. The van der Waals surface area contributed by atoms with Crippen molar-refractivity contribution in [1.82, 2.24) is 14.8 Å². The number of imide groups is 1. The molecule has 3 amide bonds. The third-order valence-electron chi connectivity index (χ3n) is 6.22. The predicted octanol–water partition coefficient (Wildman–Crippen LogP) is 2.16. The summed E-state index contributed by atoms with van der Waals surface area (Å²) in [6, 6.07) is 2.78. The van der Waals surface area contributed by atoms with Gasteiger partial charge in [-0.2, -0.15) is 0 Å². The molecule has 1 aliphatic carbocycles. The van der Waals surface area contributed by atoms with Crippen molar-refractivity contribution in [3.8, 4) is 5.88 Å². The Morgan fingerprint density at radius 1 is 1.14 bits per heavy atom. The average Bonchev–Trinajstić information content (AvgIpc) is 2.98. The van der Waals surface area contributed by atoms with Crippen LogP contribution in [0.4, 0.5) is 4.39 Å². The lowest BCUT2D eigenvalue weighted by atomic mass is 9.81. The molecule has 4 rings (SSSR count). The summed E-state index contributed by atoms with van der Waals surface area (Å²) in [7, 11) is 0. The molecule has 0 unspecified atom stereocenters. The fraction of sp³-hybridized carbons (Fsp3) is 0.619. The largest absolute Gasteiger partial charge is 0.470 e. The standard InChI is InChI=1S/C21H26FN3O4/c22-17-8-3-10-23-19(17)29-14-5-4-11-24(13-14)18(26)9-12-25-20(27)15-6-1-2-7-16(15)21(25)28/h3,8,10,14-16H,1-2,4-7,9,11-13H2/t14-,15-,16+/m1/s1. The van der Waals surface area contributed by atoms with E-state index >= 15 is 0 Å². The molecule has 3 atom stereocenters. The zero-order valence-electron chi connectivity index (χ0n) is 16.4. The Kier molecular flexibility index (Phi) is 5.78. The number of ether oxygens (including phenoxy) is 1. The summed E-state index contributed by atoms with van der Waals surface area (Å²) in [4.78, 5) is 44.6. The normalized spacial score (nSPS) is 27.1. The number of pyridine rings is 1. The summed E-state index contributed by atoms with van der Waals surface area (Å²) >= 11 is 0. The maximum Gasteiger partial charge on any atom is 0.250 e. The molecule has 0 N–H and O–H groups in total. The summed E-state index contributed by atoms with van der Waals surface area (Å²) in [5, 5.41) is 0. The summed E-state index contributed by atoms with van der Waals surface area (Å²) in [6.07, 6.45) is 6.23. The highest BCUT2D eigenvalue weighted by Crippen LogP contribution is 2.38. The molecule has 1 aromatic rings. The number of rotatable bonds is 5. The molecule has 1 aromatic heterocycles. The third kappa shape index (κ3) is 4.11. The van der Waals surface area contributed by atoms with Crippen LogP contribution in [-0.4, -0.2) is 58.2 Å². The number of carbonyl (C=O) groups is 3. The maximum absolute atomic E-state index is 13.8. The third-order valence-corrected chi connectivity index (χ3v) is 6.22. The van der Waals surface area contributed by atoms with E-state index in [-0.39, 0.29) is 54.5 Å². The van der Waals surface area contributed by atoms with Gasteiger partial charge < -0.3 is 9.64 Å². The van der Waals surface area contributed by atoms with Crippen molar-refractivity contribution in [2.75, 3.05) is 19.6 Å². The number of fused-ring (bicyclic) bond motifs is 1. The minimum absolute atomic E-state index is 0.0531. The molecule has 156 valence electrons. The molecule has 3 aliphatic rings. The number of piperidine rings is 1. The molecule has 1 saturated carbocycles. The van der Waals surface area contributed by atoms with E-state index in [1.807, 2.05) is 0 Å². The molecule has 0 spiro atoms. The highest BCUT2D eigenvalue weighted by atomic mass is 19.1. The summed E-state index contributed by atoms with van der Waals surface area (Å²) in [5.41, 5.74) is 0. The first kappa shape index (κ1) is 19.8. The van der Waals surface area contributed by atoms with Gasteiger partial charge in [-0.3, -0.25) is 19.3 Å². The zero-order chi connectivity index (χ0) is 20.4. The molecule has 0 aromatic carbocycles. The maximum atomic E-state index is 13.8.